The molecule has 0 bridgehead atoms. The van der Waals surface area contributed by atoms with Crippen LogP contribution < -0.4 is 19.8 Å². The molecular weight excluding hydrogens is 884 g/mol. The molecule has 9 rings (SSSR count). The summed E-state index contributed by atoms with van der Waals surface area (Å²) in [7, 11) is 3.15. The van der Waals surface area contributed by atoms with Crippen molar-refractivity contribution in [1.82, 2.24) is 9.99 Å². The van der Waals surface area contributed by atoms with Gasteiger partial charge in [-0.25, -0.2) is 4.98 Å². The number of aryl methyl sites for hydroxylation is 1. The van der Waals surface area contributed by atoms with Gasteiger partial charge in [0.05, 0.1) is 53.7 Å². The number of amides is 4. The van der Waals surface area contributed by atoms with Crippen molar-refractivity contribution in [2.45, 2.75) is 37.3 Å². The number of phenols is 1. The Morgan fingerprint density at radius 3 is 2.26 bits per heavy atom. The van der Waals surface area contributed by atoms with Crippen LogP contribution >= 0.6 is 23.2 Å². The van der Waals surface area contributed by atoms with Gasteiger partial charge in [0.15, 0.2) is 5.82 Å². The second-order valence-electron chi connectivity index (χ2n) is 16.5. The number of benzene rings is 4. The number of imide groups is 2. The quantitative estimate of drug-likeness (QED) is 0.0841. The first-order chi connectivity index (χ1) is 31.1. The number of aromatic hydroxyl groups is 1. The Morgan fingerprint density at radius 2 is 1.60 bits per heavy atom. The van der Waals surface area contributed by atoms with Gasteiger partial charge in [-0.3, -0.25) is 29.5 Å². The van der Waals surface area contributed by atoms with Crippen molar-refractivity contribution in [3.8, 4) is 17.2 Å². The number of halogens is 5. The number of carbonyl (C=O) groups is 4. The van der Waals surface area contributed by atoms with Gasteiger partial charge in [-0.15, -0.1) is 0 Å². The summed E-state index contributed by atoms with van der Waals surface area (Å²) in [5.41, 5.74) is 3.81. The lowest BCUT2D eigenvalue weighted by atomic mass is 9.49. The molecule has 2 N–H and O–H groups in total. The van der Waals surface area contributed by atoms with Crippen LogP contribution in [0.5, 0.6) is 17.2 Å². The summed E-state index contributed by atoms with van der Waals surface area (Å²) in [5, 5.41) is 11.3. The minimum absolute atomic E-state index is 0.00947. The van der Waals surface area contributed by atoms with E-state index < -0.39 is 75.4 Å². The minimum Gasteiger partial charge on any atom is -0.508 e. The lowest BCUT2D eigenvalue weighted by Gasteiger charge is -2.50. The van der Waals surface area contributed by atoms with Gasteiger partial charge in [0.25, 0.3) is 11.8 Å². The summed E-state index contributed by atoms with van der Waals surface area (Å²) in [4.78, 5) is 64.7. The Balaban J connectivity index is 1.11. The fourth-order valence-corrected chi connectivity index (χ4v) is 10.5. The maximum Gasteiger partial charge on any atom is 0.417 e. The maximum absolute atomic E-state index is 15.4. The Hall–Kier alpha value is -6.64. The number of hydrazine groups is 1. The Labute approximate surface area is 381 Å². The smallest absolute Gasteiger partial charge is 0.417 e. The minimum atomic E-state index is -4.76. The van der Waals surface area contributed by atoms with Crippen molar-refractivity contribution >= 4 is 70.5 Å². The van der Waals surface area contributed by atoms with Crippen molar-refractivity contribution in [2.75, 3.05) is 24.5 Å². The zero-order valence-electron chi connectivity index (χ0n) is 34.9. The molecule has 11 nitrogen and oxygen atoms in total. The van der Waals surface area contributed by atoms with Gasteiger partial charge in [-0.2, -0.15) is 18.2 Å². The standard InChI is InChI=1S/C49H39Cl2F3N4O7/c1-25-20-28(8-18-39(25)59)42-34-16-17-35-41(46(62)57(44(35)60)32-13-5-26(6-14-32)4-7-27-21-33(64-2)15-19-40(27)65-3)36(34)23-37-45(61)58(47(63)48(37,42)29-9-11-31(50)12-10-29)56-43-38(51)22-30(24-55-43)49(52,53)54/h4-16,18-22,24,35-37,41-42,59H,17,23H2,1-3H3,(H,55,56). The second kappa shape index (κ2) is 16.4. The van der Waals surface area contributed by atoms with Crippen molar-refractivity contribution in [1.29, 1.82) is 0 Å². The molecule has 0 spiro atoms. The SMILES string of the molecule is COc1ccc(OC)c(C=Cc2ccc(N3C(=O)C4CC=C5C(CC6C(=O)N(Nc7ncc(C(F)(F)F)cc7Cl)C(=O)C6(c6ccc(Cl)cc6)C5c5ccc(O)c(C)c5)C4C3=O)cc2)c1. The highest BCUT2D eigenvalue weighted by molar-refractivity contribution is 6.33. The van der Waals surface area contributed by atoms with Crippen LogP contribution in [0, 0.1) is 30.6 Å². The second-order valence-corrected chi connectivity index (χ2v) is 17.4. The number of phenolic OH excluding ortho intramolecular Hbond substituents is 1. The van der Waals surface area contributed by atoms with E-state index in [0.29, 0.717) is 56.7 Å². The van der Waals surface area contributed by atoms with Crippen LogP contribution in [0.4, 0.5) is 24.7 Å². The molecule has 2 aliphatic carbocycles. The zero-order chi connectivity index (χ0) is 46.1. The monoisotopic (exact) mass is 922 g/mol. The number of nitrogens with one attached hydrogen (secondary N) is 1. The van der Waals surface area contributed by atoms with Crippen LogP contribution in [-0.4, -0.2) is 52.9 Å². The summed E-state index contributed by atoms with van der Waals surface area (Å²) in [6.45, 7) is 1.69. The summed E-state index contributed by atoms with van der Waals surface area (Å²) >= 11 is 12.7. The predicted molar refractivity (Wildman–Crippen MR) is 237 cm³/mol. The highest BCUT2D eigenvalue weighted by Crippen LogP contribution is 2.64. The van der Waals surface area contributed by atoms with E-state index in [1.807, 2.05) is 24.3 Å². The van der Waals surface area contributed by atoms with Crippen molar-refractivity contribution in [3.05, 3.63) is 152 Å². The molecule has 2 aliphatic heterocycles. The molecule has 3 heterocycles. The van der Waals surface area contributed by atoms with E-state index in [-0.39, 0.29) is 24.4 Å². The van der Waals surface area contributed by atoms with Crippen molar-refractivity contribution in [2.24, 2.45) is 23.7 Å². The van der Waals surface area contributed by atoms with E-state index in [1.54, 1.807) is 93.9 Å². The topological polar surface area (TPSA) is 138 Å². The first-order valence-corrected chi connectivity index (χ1v) is 21.3. The lowest BCUT2D eigenvalue weighted by Crippen LogP contribution is -2.53. The van der Waals surface area contributed by atoms with Gasteiger partial charge in [-0.05, 0) is 103 Å². The average Bonchev–Trinajstić information content (AvgIpc) is 3.67. The molecule has 6 unspecified atom stereocenters. The molecule has 332 valence electrons. The third-order valence-corrected chi connectivity index (χ3v) is 13.7. The molecule has 3 fully saturated rings. The number of rotatable bonds is 9. The molecule has 1 aromatic heterocycles. The van der Waals surface area contributed by atoms with Crippen LogP contribution in [0.25, 0.3) is 12.2 Å². The Kier molecular flexibility index (Phi) is 11.0. The molecule has 16 heteroatoms. The molecule has 4 aromatic carbocycles. The number of nitrogens with zero attached hydrogens (tertiary/aromatic N) is 3. The van der Waals surface area contributed by atoms with Crippen LogP contribution in [-0.2, 0) is 30.8 Å². The zero-order valence-corrected chi connectivity index (χ0v) is 36.4. The van der Waals surface area contributed by atoms with Gasteiger partial charge in [0, 0.05) is 22.7 Å². The van der Waals surface area contributed by atoms with Gasteiger partial charge < -0.3 is 14.6 Å². The first kappa shape index (κ1) is 43.6. The van der Waals surface area contributed by atoms with Gasteiger partial charge >= 0.3 is 6.18 Å². The number of fused-ring (bicyclic) bond motifs is 4. The van der Waals surface area contributed by atoms with Gasteiger partial charge in [-0.1, -0.05) is 83.4 Å². The van der Waals surface area contributed by atoms with Crippen LogP contribution in [0.1, 0.15) is 52.1 Å². The normalized spacial score (nSPS) is 23.9. The van der Waals surface area contributed by atoms with Gasteiger partial charge in [0.1, 0.15) is 17.2 Å². The first-order valence-electron chi connectivity index (χ1n) is 20.6. The van der Waals surface area contributed by atoms with E-state index >= 15 is 9.59 Å². The number of hydrogen-bond acceptors (Lipinski definition) is 9. The highest BCUT2D eigenvalue weighted by atomic mass is 35.5. The van der Waals surface area contributed by atoms with Crippen LogP contribution in [0.2, 0.25) is 10.0 Å². The Morgan fingerprint density at radius 1 is 0.862 bits per heavy atom. The molecule has 4 aliphatic rings. The third kappa shape index (κ3) is 7.19. The number of ether oxygens (including phenoxy) is 2. The molecule has 2 saturated heterocycles. The van der Waals surface area contributed by atoms with Crippen molar-refractivity contribution < 1.29 is 46.9 Å². The molecule has 5 aromatic rings. The molecule has 65 heavy (non-hydrogen) atoms. The van der Waals surface area contributed by atoms with Crippen LogP contribution in [0.15, 0.2) is 109 Å². The number of methoxy groups -OCH3 is 2. The van der Waals surface area contributed by atoms with Gasteiger partial charge in [0.2, 0.25) is 11.8 Å². The molecule has 6 atom stereocenters. The summed E-state index contributed by atoms with van der Waals surface area (Å²) < 4.78 is 51.6. The largest absolute Gasteiger partial charge is 0.508 e. The summed E-state index contributed by atoms with van der Waals surface area (Å²) in [6.07, 6.45) is 1.51. The number of carbonyl (C=O) groups excluding carboxylic acids is 4. The summed E-state index contributed by atoms with van der Waals surface area (Å²) in [5.74, 6) is -5.97. The van der Waals surface area contributed by atoms with E-state index in [9.17, 15) is 27.9 Å². The number of anilines is 2. The molecule has 4 amide bonds. The number of pyridine rings is 1. The highest BCUT2D eigenvalue weighted by Gasteiger charge is 2.70. The Bertz CT molecular complexity index is 2850. The number of alkyl halides is 3. The lowest BCUT2D eigenvalue weighted by molar-refractivity contribution is -0.139. The van der Waals surface area contributed by atoms with Crippen molar-refractivity contribution in [3.63, 3.8) is 0 Å². The van der Waals surface area contributed by atoms with E-state index in [0.717, 1.165) is 16.1 Å². The average molecular weight is 924 g/mol. The number of aromatic nitrogens is 1. The third-order valence-electron chi connectivity index (χ3n) is 13.2. The maximum atomic E-state index is 15.4. The number of hydrogen-bond donors (Lipinski definition) is 2. The fraction of sp³-hybridized carbons (Fsp3) is 0.245. The van der Waals surface area contributed by atoms with E-state index in [2.05, 4.69) is 10.4 Å². The number of allylic oxidation sites excluding steroid dienone is 2. The van der Waals surface area contributed by atoms with E-state index in [1.165, 1.54) is 11.0 Å². The van der Waals surface area contributed by atoms with E-state index in [4.69, 9.17) is 32.7 Å². The predicted octanol–water partition coefficient (Wildman–Crippen LogP) is 9.80. The van der Waals surface area contributed by atoms with Crippen LogP contribution in [0.3, 0.4) is 0 Å². The fourth-order valence-electron chi connectivity index (χ4n) is 10.2. The molecule has 0 radical (unpaired) electrons. The molecule has 1 saturated carbocycles. The summed E-state index contributed by atoms with van der Waals surface area (Å²) in [6, 6.07) is 24.4. The molecular formula is C49H39Cl2F3N4O7.